The van der Waals surface area contributed by atoms with E-state index in [4.69, 9.17) is 0 Å². The van der Waals surface area contributed by atoms with Crippen LogP contribution in [0.1, 0.15) is 32.1 Å². The van der Waals surface area contributed by atoms with Crippen molar-refractivity contribution in [1.29, 1.82) is 0 Å². The molecule has 0 bridgehead atoms. The Morgan fingerprint density at radius 2 is 1.95 bits per heavy atom. The topological polar surface area (TPSA) is 30.5 Å². The molecule has 0 saturated carbocycles. The fourth-order valence-corrected chi connectivity index (χ4v) is 5.27. The lowest BCUT2D eigenvalue weighted by atomic mass is 9.92. The molecule has 4 saturated heterocycles. The summed E-state index contributed by atoms with van der Waals surface area (Å²) in [6.45, 7) is 8.96. The van der Waals surface area contributed by atoms with Gasteiger partial charge in [-0.25, -0.2) is 0 Å². The first kappa shape index (κ1) is 13.5. The zero-order valence-electron chi connectivity index (χ0n) is 13.0. The lowest BCUT2D eigenvalue weighted by molar-refractivity contribution is 0.253. The molecule has 4 aliphatic heterocycles. The van der Waals surface area contributed by atoms with Crippen molar-refractivity contribution in [2.45, 2.75) is 43.2 Å². The van der Waals surface area contributed by atoms with Gasteiger partial charge < -0.3 is 20.4 Å². The van der Waals surface area contributed by atoms with Crippen LogP contribution in [0.15, 0.2) is 0 Å². The second kappa shape index (κ2) is 4.94. The van der Waals surface area contributed by atoms with Crippen LogP contribution < -0.4 is 10.6 Å². The van der Waals surface area contributed by atoms with Gasteiger partial charge in [0.2, 0.25) is 0 Å². The molecule has 4 heterocycles. The highest BCUT2D eigenvalue weighted by molar-refractivity contribution is 5.05. The Hall–Kier alpha value is -0.160. The number of hydrogen-bond acceptors (Lipinski definition) is 4. The molecule has 0 amide bonds. The number of nitrogens with one attached hydrogen (secondary N) is 2. The van der Waals surface area contributed by atoms with E-state index in [-0.39, 0.29) is 0 Å². The van der Waals surface area contributed by atoms with E-state index in [1.54, 1.807) is 0 Å². The smallest absolute Gasteiger partial charge is 0.0324 e. The number of rotatable bonds is 2. The van der Waals surface area contributed by atoms with Gasteiger partial charge >= 0.3 is 0 Å². The molecule has 4 heteroatoms. The standard InChI is InChI=1S/C16H30N4/c1-19-7-4-16(12-19)9-14(10-18-16)11-20-8-5-15(13-20)3-2-6-17-15/h14,17-18H,2-13H2,1H3. The molecule has 0 radical (unpaired) electrons. The first-order valence-electron chi connectivity index (χ1n) is 8.58. The Kier molecular flexibility index (Phi) is 3.33. The van der Waals surface area contributed by atoms with Crippen LogP contribution in [0.25, 0.3) is 0 Å². The van der Waals surface area contributed by atoms with Crippen molar-refractivity contribution in [3.05, 3.63) is 0 Å². The summed E-state index contributed by atoms with van der Waals surface area (Å²) in [5.74, 6) is 0.873. The number of nitrogens with zero attached hydrogens (tertiary/aromatic N) is 2. The van der Waals surface area contributed by atoms with Crippen LogP contribution in [0.5, 0.6) is 0 Å². The van der Waals surface area contributed by atoms with Gasteiger partial charge in [0.05, 0.1) is 0 Å². The maximum absolute atomic E-state index is 3.86. The Labute approximate surface area is 123 Å². The van der Waals surface area contributed by atoms with Crippen LogP contribution in [-0.2, 0) is 0 Å². The van der Waals surface area contributed by atoms with Gasteiger partial charge in [0, 0.05) is 37.3 Å². The van der Waals surface area contributed by atoms with Crippen molar-refractivity contribution < 1.29 is 0 Å². The van der Waals surface area contributed by atoms with Crippen LogP contribution >= 0.6 is 0 Å². The number of hydrogen-bond donors (Lipinski definition) is 2. The van der Waals surface area contributed by atoms with Crippen LogP contribution in [0.4, 0.5) is 0 Å². The van der Waals surface area contributed by atoms with Crippen molar-refractivity contribution >= 4 is 0 Å². The van der Waals surface area contributed by atoms with E-state index in [0.717, 1.165) is 5.92 Å². The Morgan fingerprint density at radius 3 is 2.70 bits per heavy atom. The summed E-state index contributed by atoms with van der Waals surface area (Å²) in [5.41, 5.74) is 0.958. The van der Waals surface area contributed by atoms with Crippen molar-refractivity contribution in [2.75, 3.05) is 52.9 Å². The molecule has 3 unspecified atom stereocenters. The average molecular weight is 278 g/mol. The molecule has 3 atom stereocenters. The summed E-state index contributed by atoms with van der Waals surface area (Å²) in [4.78, 5) is 5.23. The molecule has 4 rings (SSSR count). The molecule has 0 aromatic carbocycles. The van der Waals surface area contributed by atoms with Crippen molar-refractivity contribution in [2.24, 2.45) is 5.92 Å². The first-order valence-corrected chi connectivity index (χ1v) is 8.58. The highest BCUT2D eigenvalue weighted by Gasteiger charge is 2.45. The minimum absolute atomic E-state index is 0.461. The van der Waals surface area contributed by atoms with Crippen molar-refractivity contribution in [1.82, 2.24) is 20.4 Å². The molecule has 0 aromatic rings. The summed E-state index contributed by atoms with van der Waals surface area (Å²) in [6, 6.07) is 0. The minimum atomic E-state index is 0.461. The van der Waals surface area contributed by atoms with Gasteiger partial charge in [0.1, 0.15) is 0 Å². The molecule has 0 aliphatic carbocycles. The fourth-order valence-electron chi connectivity index (χ4n) is 5.27. The summed E-state index contributed by atoms with van der Waals surface area (Å²) in [7, 11) is 2.26. The van der Waals surface area contributed by atoms with Crippen LogP contribution in [0.3, 0.4) is 0 Å². The summed E-state index contributed by atoms with van der Waals surface area (Å²) < 4.78 is 0. The monoisotopic (exact) mass is 278 g/mol. The van der Waals surface area contributed by atoms with Crippen LogP contribution in [0.2, 0.25) is 0 Å². The highest BCUT2D eigenvalue weighted by Crippen LogP contribution is 2.35. The Bertz CT molecular complexity index is 365. The predicted molar refractivity (Wildman–Crippen MR) is 82.0 cm³/mol. The molecule has 20 heavy (non-hydrogen) atoms. The van der Waals surface area contributed by atoms with Crippen molar-refractivity contribution in [3.8, 4) is 0 Å². The maximum atomic E-state index is 3.86. The zero-order chi connectivity index (χ0) is 13.6. The van der Waals surface area contributed by atoms with Gasteiger partial charge in [-0.2, -0.15) is 0 Å². The van der Waals surface area contributed by atoms with Crippen molar-refractivity contribution in [3.63, 3.8) is 0 Å². The highest BCUT2D eigenvalue weighted by atomic mass is 15.2. The van der Waals surface area contributed by atoms with Gasteiger partial charge in [-0.15, -0.1) is 0 Å². The van der Waals surface area contributed by atoms with Crippen LogP contribution in [-0.4, -0.2) is 73.7 Å². The minimum Gasteiger partial charge on any atom is -0.310 e. The van der Waals surface area contributed by atoms with E-state index in [0.29, 0.717) is 11.1 Å². The van der Waals surface area contributed by atoms with Gasteiger partial charge in [0.15, 0.2) is 0 Å². The molecular formula is C16H30N4. The summed E-state index contributed by atoms with van der Waals surface area (Å²) >= 11 is 0. The summed E-state index contributed by atoms with van der Waals surface area (Å²) in [6.07, 6.45) is 6.91. The number of likely N-dealkylation sites (N-methyl/N-ethyl adjacent to an activating group) is 1. The van der Waals surface area contributed by atoms with E-state index in [1.165, 1.54) is 77.9 Å². The predicted octanol–water partition coefficient (Wildman–Crippen LogP) is 0.498. The third kappa shape index (κ3) is 2.41. The normalized spacial score (nSPS) is 46.4. The molecular weight excluding hydrogens is 248 g/mol. The third-order valence-electron chi connectivity index (χ3n) is 6.27. The Balaban J connectivity index is 1.31. The van der Waals surface area contributed by atoms with Crippen LogP contribution in [0, 0.1) is 5.92 Å². The lowest BCUT2D eigenvalue weighted by Gasteiger charge is -2.26. The van der Waals surface area contributed by atoms with E-state index in [1.807, 2.05) is 0 Å². The Morgan fingerprint density at radius 1 is 1.05 bits per heavy atom. The van der Waals surface area contributed by atoms with Gasteiger partial charge in [-0.3, -0.25) is 0 Å². The number of likely N-dealkylation sites (tertiary alicyclic amines) is 2. The van der Waals surface area contributed by atoms with Gasteiger partial charge in [-0.1, -0.05) is 0 Å². The molecule has 0 aromatic heterocycles. The maximum Gasteiger partial charge on any atom is 0.0324 e. The van der Waals surface area contributed by atoms with E-state index < -0.39 is 0 Å². The molecule has 2 spiro atoms. The largest absolute Gasteiger partial charge is 0.310 e. The third-order valence-corrected chi connectivity index (χ3v) is 6.27. The second-order valence-electron chi connectivity index (χ2n) is 8.01. The molecule has 114 valence electrons. The molecule has 4 fully saturated rings. The van der Waals surface area contributed by atoms with E-state index in [2.05, 4.69) is 27.5 Å². The molecule has 2 N–H and O–H groups in total. The zero-order valence-corrected chi connectivity index (χ0v) is 13.0. The average Bonchev–Trinajstić information content (AvgIpc) is 3.17. The summed E-state index contributed by atoms with van der Waals surface area (Å²) in [5, 5.41) is 7.64. The van der Waals surface area contributed by atoms with E-state index in [9.17, 15) is 0 Å². The molecule has 4 nitrogen and oxygen atoms in total. The van der Waals surface area contributed by atoms with Gasteiger partial charge in [-0.05, 0) is 64.7 Å². The van der Waals surface area contributed by atoms with E-state index >= 15 is 0 Å². The second-order valence-corrected chi connectivity index (χ2v) is 8.01. The van der Waals surface area contributed by atoms with Gasteiger partial charge in [0.25, 0.3) is 0 Å². The lowest BCUT2D eigenvalue weighted by Crippen LogP contribution is -2.43. The first-order chi connectivity index (χ1) is 9.67. The quantitative estimate of drug-likeness (QED) is 0.770. The fraction of sp³-hybridized carbons (Fsp3) is 1.00. The molecule has 4 aliphatic rings. The SMILES string of the molecule is CN1CCC2(CC(CN3CCC4(CCCN4)C3)CN2)C1.